The molecule has 1 aliphatic heterocycles. The molecule has 26 heavy (non-hydrogen) atoms. The lowest BCUT2D eigenvalue weighted by Gasteiger charge is -2.41. The first-order valence-corrected chi connectivity index (χ1v) is 11.2. The van der Waals surface area contributed by atoms with Gasteiger partial charge in [0.1, 0.15) is 6.10 Å². The lowest BCUT2D eigenvalue weighted by atomic mass is 10.1. The van der Waals surface area contributed by atoms with Gasteiger partial charge in [0.05, 0.1) is 9.79 Å². The van der Waals surface area contributed by atoms with E-state index in [9.17, 15) is 16.8 Å². The number of rotatable bonds is 5. The molecular weight excluding hydrogens is 372 g/mol. The fourth-order valence-electron chi connectivity index (χ4n) is 3.36. The number of benzene rings is 2. The summed E-state index contributed by atoms with van der Waals surface area (Å²) in [5.74, 6) is 0. The van der Waals surface area contributed by atoms with Gasteiger partial charge in [0, 0.05) is 6.61 Å². The van der Waals surface area contributed by atoms with Crippen molar-refractivity contribution in [3.8, 4) is 0 Å². The van der Waals surface area contributed by atoms with E-state index in [1.54, 1.807) is 36.4 Å². The second kappa shape index (κ2) is 6.98. The smallest absolute Gasteiger partial charge is 0.211 e. The standard InChI is InChI=1S/C19H20O5S2/c1-2-18-19(14-9-15-24-18,25(20,21)16-10-5-3-6-11-16)26(22,23)17-12-7-4-8-13-17/h2-8,10-13,18H,1,9,14-15H2. The van der Waals surface area contributed by atoms with Crippen LogP contribution in [0.25, 0.3) is 0 Å². The van der Waals surface area contributed by atoms with Crippen molar-refractivity contribution in [2.75, 3.05) is 6.61 Å². The molecule has 0 N–H and O–H groups in total. The zero-order valence-corrected chi connectivity index (χ0v) is 15.7. The predicted octanol–water partition coefficient (Wildman–Crippen LogP) is 3.00. The van der Waals surface area contributed by atoms with Crippen molar-refractivity contribution in [3.05, 3.63) is 73.3 Å². The van der Waals surface area contributed by atoms with E-state index in [2.05, 4.69) is 6.58 Å². The Kier molecular flexibility index (Phi) is 5.05. The minimum absolute atomic E-state index is 0.0446. The molecule has 0 aliphatic carbocycles. The Morgan fingerprint density at radius 1 is 0.885 bits per heavy atom. The summed E-state index contributed by atoms with van der Waals surface area (Å²) in [6.45, 7) is 3.92. The van der Waals surface area contributed by atoms with Gasteiger partial charge < -0.3 is 4.74 Å². The lowest BCUT2D eigenvalue weighted by Crippen LogP contribution is -2.57. The monoisotopic (exact) mass is 392 g/mol. The van der Waals surface area contributed by atoms with Crippen LogP contribution in [0.4, 0.5) is 0 Å². The quantitative estimate of drug-likeness (QED) is 0.731. The van der Waals surface area contributed by atoms with Crippen molar-refractivity contribution in [1.29, 1.82) is 0 Å². The van der Waals surface area contributed by atoms with E-state index in [-0.39, 0.29) is 22.8 Å². The normalized spacial score (nSPS) is 20.4. The Hall–Kier alpha value is -1.96. The summed E-state index contributed by atoms with van der Waals surface area (Å²) in [5, 5.41) is 0. The fraction of sp³-hybridized carbons (Fsp3) is 0.263. The predicted molar refractivity (Wildman–Crippen MR) is 99.2 cm³/mol. The molecular formula is C19H20O5S2. The van der Waals surface area contributed by atoms with Crippen LogP contribution in [0.15, 0.2) is 83.1 Å². The van der Waals surface area contributed by atoms with Crippen molar-refractivity contribution in [2.45, 2.75) is 32.8 Å². The van der Waals surface area contributed by atoms with Crippen molar-refractivity contribution >= 4 is 19.7 Å². The minimum atomic E-state index is -4.27. The van der Waals surface area contributed by atoms with Crippen LogP contribution in [-0.2, 0) is 24.4 Å². The Balaban J connectivity index is 2.34. The van der Waals surface area contributed by atoms with Gasteiger partial charge in [-0.1, -0.05) is 42.5 Å². The van der Waals surface area contributed by atoms with E-state index in [1.807, 2.05) is 0 Å². The summed E-state index contributed by atoms with van der Waals surface area (Å²) < 4.78 is 57.8. The molecule has 0 bridgehead atoms. The Morgan fingerprint density at radius 3 is 1.77 bits per heavy atom. The summed E-state index contributed by atoms with van der Waals surface area (Å²) in [4.78, 5) is -0.0892. The molecule has 2 aromatic rings. The number of sulfone groups is 2. The van der Waals surface area contributed by atoms with Crippen molar-refractivity contribution in [1.82, 2.24) is 0 Å². The molecule has 1 fully saturated rings. The average Bonchev–Trinajstić information content (AvgIpc) is 2.68. The van der Waals surface area contributed by atoms with Gasteiger partial charge in [-0.3, -0.25) is 0 Å². The van der Waals surface area contributed by atoms with E-state index >= 15 is 0 Å². The molecule has 1 heterocycles. The molecule has 138 valence electrons. The van der Waals surface area contributed by atoms with E-state index in [0.29, 0.717) is 6.42 Å². The molecule has 1 atom stereocenters. The first-order valence-electron chi connectivity index (χ1n) is 8.21. The molecule has 1 saturated heterocycles. The Morgan fingerprint density at radius 2 is 1.35 bits per heavy atom. The van der Waals surface area contributed by atoms with Crippen molar-refractivity contribution < 1.29 is 21.6 Å². The highest BCUT2D eigenvalue weighted by Gasteiger charge is 2.61. The third kappa shape index (κ3) is 2.71. The van der Waals surface area contributed by atoms with E-state index in [0.717, 1.165) is 0 Å². The highest BCUT2D eigenvalue weighted by Crippen LogP contribution is 2.45. The molecule has 2 aromatic carbocycles. The third-order valence-corrected chi connectivity index (χ3v) is 10.4. The van der Waals surface area contributed by atoms with Crippen LogP contribution in [0.5, 0.6) is 0 Å². The molecule has 0 amide bonds. The van der Waals surface area contributed by atoms with Crippen molar-refractivity contribution in [2.24, 2.45) is 0 Å². The molecule has 3 rings (SSSR count). The molecule has 1 unspecified atom stereocenters. The molecule has 0 spiro atoms. The highest BCUT2D eigenvalue weighted by molar-refractivity contribution is 8.10. The lowest BCUT2D eigenvalue weighted by molar-refractivity contribution is 0.0384. The summed E-state index contributed by atoms with van der Waals surface area (Å²) >= 11 is 0. The van der Waals surface area contributed by atoms with Crippen LogP contribution < -0.4 is 0 Å². The van der Waals surface area contributed by atoms with Crippen LogP contribution in [0.1, 0.15) is 12.8 Å². The number of hydrogen-bond acceptors (Lipinski definition) is 5. The van der Waals surface area contributed by atoms with Crippen molar-refractivity contribution in [3.63, 3.8) is 0 Å². The highest BCUT2D eigenvalue weighted by atomic mass is 32.3. The van der Waals surface area contributed by atoms with Gasteiger partial charge in [-0.25, -0.2) is 16.8 Å². The average molecular weight is 392 g/mol. The molecule has 0 radical (unpaired) electrons. The van der Waals surface area contributed by atoms with Crippen LogP contribution in [0.2, 0.25) is 0 Å². The second-order valence-corrected chi connectivity index (χ2v) is 10.7. The topological polar surface area (TPSA) is 77.5 Å². The van der Waals surface area contributed by atoms with Gasteiger partial charge in [-0.2, -0.15) is 0 Å². The molecule has 0 saturated carbocycles. The van der Waals surface area contributed by atoms with E-state index in [4.69, 9.17) is 4.74 Å². The first kappa shape index (κ1) is 18.8. The zero-order chi connectivity index (χ0) is 18.8. The van der Waals surface area contributed by atoms with Crippen LogP contribution in [0.3, 0.4) is 0 Å². The van der Waals surface area contributed by atoms with Crippen LogP contribution in [-0.4, -0.2) is 33.6 Å². The first-order chi connectivity index (χ1) is 12.4. The zero-order valence-electron chi connectivity index (χ0n) is 14.1. The Labute approximate surface area is 154 Å². The second-order valence-electron chi connectivity index (χ2n) is 6.08. The maximum Gasteiger partial charge on any atom is 0.211 e. The summed E-state index contributed by atoms with van der Waals surface area (Å²) in [6, 6.07) is 15.3. The van der Waals surface area contributed by atoms with Gasteiger partial charge in [0.25, 0.3) is 0 Å². The van der Waals surface area contributed by atoms with Gasteiger partial charge in [0.2, 0.25) is 23.8 Å². The molecule has 7 heteroatoms. The summed E-state index contributed by atoms with van der Waals surface area (Å²) in [7, 11) is -8.55. The van der Waals surface area contributed by atoms with Gasteiger partial charge in [-0.05, 0) is 37.1 Å². The maximum absolute atomic E-state index is 13.6. The largest absolute Gasteiger partial charge is 0.371 e. The number of ether oxygens (including phenoxy) is 1. The SMILES string of the molecule is C=CC1OCCCC1(S(=O)(=O)c1ccccc1)S(=O)(=O)c1ccccc1. The maximum atomic E-state index is 13.6. The van der Waals surface area contributed by atoms with E-state index < -0.39 is 29.9 Å². The summed E-state index contributed by atoms with van der Waals surface area (Å²) in [5.41, 5.74) is 0. The van der Waals surface area contributed by atoms with Crippen LogP contribution >= 0.6 is 0 Å². The molecule has 0 aromatic heterocycles. The number of hydrogen-bond donors (Lipinski definition) is 0. The minimum Gasteiger partial charge on any atom is -0.371 e. The van der Waals surface area contributed by atoms with Gasteiger partial charge >= 0.3 is 0 Å². The molecule has 5 nitrogen and oxygen atoms in total. The fourth-order valence-corrected chi connectivity index (χ4v) is 8.69. The Bertz CT molecular complexity index is 911. The van der Waals surface area contributed by atoms with Gasteiger partial charge in [-0.15, -0.1) is 6.58 Å². The summed E-state index contributed by atoms with van der Waals surface area (Å²) in [6.07, 6.45) is 0.382. The third-order valence-electron chi connectivity index (χ3n) is 4.63. The van der Waals surface area contributed by atoms with E-state index in [1.165, 1.54) is 30.3 Å². The van der Waals surface area contributed by atoms with Gasteiger partial charge in [0.15, 0.2) is 0 Å². The van der Waals surface area contributed by atoms with Crippen LogP contribution in [0, 0.1) is 0 Å². The molecule has 1 aliphatic rings.